The fraction of sp³-hybridized carbons (Fsp3) is 0.812. The van der Waals surface area contributed by atoms with E-state index in [2.05, 4.69) is 10.6 Å². The average molecular weight is 408 g/mol. The monoisotopic (exact) mass is 408 g/mol. The molecule has 8 N–H and O–H groups in total. The van der Waals surface area contributed by atoms with Crippen molar-refractivity contribution in [3.8, 4) is 0 Å². The van der Waals surface area contributed by atoms with Crippen LogP contribution in [-0.4, -0.2) is 97.8 Å². The van der Waals surface area contributed by atoms with E-state index in [9.17, 15) is 34.8 Å². The van der Waals surface area contributed by atoms with Crippen molar-refractivity contribution in [2.45, 2.75) is 62.9 Å². The van der Waals surface area contributed by atoms with Gasteiger partial charge in [-0.25, -0.2) is 4.79 Å². The van der Waals surface area contributed by atoms with Gasteiger partial charge in [-0.05, 0) is 5.92 Å². The lowest BCUT2D eigenvalue weighted by molar-refractivity contribution is -0.318. The van der Waals surface area contributed by atoms with Crippen LogP contribution in [0.25, 0.3) is 0 Å². The van der Waals surface area contributed by atoms with E-state index < -0.39 is 73.6 Å². The van der Waals surface area contributed by atoms with Crippen LogP contribution in [0.1, 0.15) is 26.7 Å². The van der Waals surface area contributed by atoms with Crippen LogP contribution in [0.2, 0.25) is 0 Å². The molecule has 0 aromatic rings. The van der Waals surface area contributed by atoms with Crippen molar-refractivity contribution in [1.29, 1.82) is 0 Å². The molecule has 5 unspecified atom stereocenters. The maximum atomic E-state index is 12.5. The molecule has 28 heavy (non-hydrogen) atoms. The fourth-order valence-corrected chi connectivity index (χ4v) is 2.73. The fourth-order valence-electron chi connectivity index (χ4n) is 2.73. The topological polar surface area (TPSA) is 206 Å². The van der Waals surface area contributed by atoms with Gasteiger partial charge in [-0.2, -0.15) is 0 Å². The van der Waals surface area contributed by atoms with Crippen molar-refractivity contribution >= 4 is 17.8 Å². The third-order valence-electron chi connectivity index (χ3n) is 4.75. The second-order valence-corrected chi connectivity index (χ2v) is 6.90. The number of aliphatic hydroxyl groups is 4. The van der Waals surface area contributed by atoms with Gasteiger partial charge in [-0.3, -0.25) is 9.59 Å². The Bertz CT molecular complexity index is 574. The number of hydrogen-bond donors (Lipinski definition) is 8. The van der Waals surface area contributed by atoms with Crippen LogP contribution >= 0.6 is 0 Å². The summed E-state index contributed by atoms with van der Waals surface area (Å²) in [7, 11) is 0. The highest BCUT2D eigenvalue weighted by atomic mass is 16.6. The Balaban J connectivity index is 2.86. The molecule has 0 spiro atoms. The van der Waals surface area contributed by atoms with E-state index in [4.69, 9.17) is 14.9 Å². The van der Waals surface area contributed by atoms with E-state index in [-0.39, 0.29) is 5.92 Å². The number of aliphatic hydroxyl groups excluding tert-OH is 3. The number of hydrogen-bond acceptors (Lipinski definition) is 9. The lowest BCUT2D eigenvalue weighted by Crippen LogP contribution is -2.66. The molecule has 12 nitrogen and oxygen atoms in total. The molecule has 12 heteroatoms. The summed E-state index contributed by atoms with van der Waals surface area (Å²) in [6.07, 6.45) is -5.25. The van der Waals surface area contributed by atoms with Gasteiger partial charge >= 0.3 is 11.9 Å². The first kappa shape index (κ1) is 24.2. The van der Waals surface area contributed by atoms with E-state index in [1.807, 2.05) is 0 Å². The molecule has 1 rings (SSSR count). The highest BCUT2D eigenvalue weighted by Gasteiger charge is 2.48. The first-order valence-electron chi connectivity index (χ1n) is 8.81. The number of aliphatic carboxylic acids is 2. The Kier molecular flexibility index (Phi) is 8.73. The summed E-state index contributed by atoms with van der Waals surface area (Å²) in [5.41, 5.74) is 0. The molecule has 0 bridgehead atoms. The highest BCUT2D eigenvalue weighted by molar-refractivity contribution is 5.89. The SMILES string of the molecule is CC[C@H](C)[C@H](NCC1(O)OCC(O)C(O)C1O)C(=O)NC(CC(=O)O)C(=O)O. The molecular weight excluding hydrogens is 380 g/mol. The molecule has 1 fully saturated rings. The number of carboxylic acid groups (broad SMARTS) is 2. The largest absolute Gasteiger partial charge is 0.481 e. The molecule has 7 atom stereocenters. The number of carbonyl (C=O) groups excluding carboxylic acids is 1. The molecule has 0 aromatic carbocycles. The lowest BCUT2D eigenvalue weighted by Gasteiger charge is -2.42. The Morgan fingerprint density at radius 2 is 1.82 bits per heavy atom. The summed E-state index contributed by atoms with van der Waals surface area (Å²) in [6.45, 7) is 2.47. The Morgan fingerprint density at radius 1 is 1.21 bits per heavy atom. The Labute approximate surface area is 161 Å². The average Bonchev–Trinajstić information content (AvgIpc) is 2.62. The minimum atomic E-state index is -2.29. The van der Waals surface area contributed by atoms with Crippen molar-refractivity contribution in [3.05, 3.63) is 0 Å². The van der Waals surface area contributed by atoms with Gasteiger partial charge in [0, 0.05) is 0 Å². The molecule has 0 saturated carbocycles. The standard InChI is InChI=1S/C16H28N2O10/c1-3-7(2)11(14(24)18-8(15(25)26)4-10(20)21)17-6-16(27)13(23)12(22)9(19)5-28-16/h7-9,11-13,17,19,22-23,27H,3-6H2,1-2H3,(H,18,24)(H,20,21)(H,25,26)/t7-,8?,9?,11-,12?,13?,16?/m0/s1. The second-order valence-electron chi connectivity index (χ2n) is 6.90. The number of nitrogens with one attached hydrogen (secondary N) is 2. The molecule has 162 valence electrons. The van der Waals surface area contributed by atoms with Gasteiger partial charge in [0.05, 0.1) is 25.6 Å². The number of amides is 1. The van der Waals surface area contributed by atoms with Crippen LogP contribution in [0, 0.1) is 5.92 Å². The van der Waals surface area contributed by atoms with Crippen LogP contribution in [-0.2, 0) is 19.1 Å². The maximum absolute atomic E-state index is 12.5. The molecular formula is C16H28N2O10. The third-order valence-corrected chi connectivity index (χ3v) is 4.75. The zero-order valence-corrected chi connectivity index (χ0v) is 15.6. The van der Waals surface area contributed by atoms with E-state index in [1.165, 1.54) is 0 Å². The van der Waals surface area contributed by atoms with E-state index in [0.717, 1.165) is 0 Å². The van der Waals surface area contributed by atoms with Crippen LogP contribution < -0.4 is 10.6 Å². The number of rotatable bonds is 10. The van der Waals surface area contributed by atoms with Crippen LogP contribution in [0.5, 0.6) is 0 Å². The molecule has 1 aliphatic rings. The predicted molar refractivity (Wildman–Crippen MR) is 92.0 cm³/mol. The van der Waals surface area contributed by atoms with Crippen LogP contribution in [0.15, 0.2) is 0 Å². The normalized spacial score (nSPS) is 30.9. The third kappa shape index (κ3) is 6.09. The summed E-state index contributed by atoms with van der Waals surface area (Å²) in [6, 6.07) is -2.70. The van der Waals surface area contributed by atoms with Crippen molar-refractivity contribution in [2.75, 3.05) is 13.2 Å². The Morgan fingerprint density at radius 3 is 2.32 bits per heavy atom. The molecule has 0 aromatic heterocycles. The minimum Gasteiger partial charge on any atom is -0.481 e. The van der Waals surface area contributed by atoms with Gasteiger partial charge in [-0.15, -0.1) is 0 Å². The van der Waals surface area contributed by atoms with Crippen molar-refractivity contribution < 1.29 is 49.8 Å². The quantitative estimate of drug-likeness (QED) is 0.181. The van der Waals surface area contributed by atoms with Crippen LogP contribution in [0.4, 0.5) is 0 Å². The zero-order valence-electron chi connectivity index (χ0n) is 15.6. The minimum absolute atomic E-state index is 0.362. The van der Waals surface area contributed by atoms with Crippen molar-refractivity contribution in [3.63, 3.8) is 0 Å². The lowest BCUT2D eigenvalue weighted by atomic mass is 9.94. The smallest absolute Gasteiger partial charge is 0.326 e. The number of carbonyl (C=O) groups is 3. The summed E-state index contributed by atoms with van der Waals surface area (Å²) in [5, 5.41) is 62.2. The van der Waals surface area contributed by atoms with Gasteiger partial charge in [-0.1, -0.05) is 20.3 Å². The molecule has 0 radical (unpaired) electrons. The van der Waals surface area contributed by atoms with Gasteiger partial charge in [0.15, 0.2) is 0 Å². The maximum Gasteiger partial charge on any atom is 0.326 e. The first-order valence-corrected chi connectivity index (χ1v) is 8.81. The van der Waals surface area contributed by atoms with Gasteiger partial charge in [0.1, 0.15) is 24.4 Å². The first-order chi connectivity index (χ1) is 12.9. The summed E-state index contributed by atoms with van der Waals surface area (Å²) < 4.78 is 5.01. The van der Waals surface area contributed by atoms with Gasteiger partial charge < -0.3 is 46.0 Å². The Hall–Kier alpha value is -1.83. The van der Waals surface area contributed by atoms with Gasteiger partial charge in [0.25, 0.3) is 0 Å². The van der Waals surface area contributed by atoms with E-state index in [0.29, 0.717) is 6.42 Å². The molecule has 1 aliphatic heterocycles. The predicted octanol–water partition coefficient (Wildman–Crippen LogP) is -3.16. The van der Waals surface area contributed by atoms with Crippen molar-refractivity contribution in [1.82, 2.24) is 10.6 Å². The van der Waals surface area contributed by atoms with Crippen LogP contribution in [0.3, 0.4) is 0 Å². The number of carboxylic acids is 2. The molecule has 1 heterocycles. The van der Waals surface area contributed by atoms with E-state index in [1.54, 1.807) is 13.8 Å². The molecule has 0 aliphatic carbocycles. The zero-order chi connectivity index (χ0) is 21.6. The summed E-state index contributed by atoms with van der Waals surface area (Å²) >= 11 is 0. The number of ether oxygens (including phenoxy) is 1. The molecule has 1 saturated heterocycles. The summed E-state index contributed by atoms with van der Waals surface area (Å²) in [5.74, 6) is -6.38. The summed E-state index contributed by atoms with van der Waals surface area (Å²) in [4.78, 5) is 34.4. The highest BCUT2D eigenvalue weighted by Crippen LogP contribution is 2.24. The molecule has 1 amide bonds. The second kappa shape index (κ2) is 10.1. The van der Waals surface area contributed by atoms with Gasteiger partial charge in [0.2, 0.25) is 11.7 Å². The van der Waals surface area contributed by atoms with E-state index >= 15 is 0 Å². The van der Waals surface area contributed by atoms with Crippen molar-refractivity contribution in [2.24, 2.45) is 5.92 Å².